The second-order valence-corrected chi connectivity index (χ2v) is 7.82. The van der Waals surface area contributed by atoms with Crippen LogP contribution in [0.2, 0.25) is 0 Å². The van der Waals surface area contributed by atoms with Crippen molar-refractivity contribution in [3.8, 4) is 0 Å². The summed E-state index contributed by atoms with van der Waals surface area (Å²) in [6.45, 7) is 1.87. The number of benzene rings is 1. The highest BCUT2D eigenvalue weighted by Crippen LogP contribution is 2.11. The number of amides is 2. The molecule has 0 radical (unpaired) electrons. The number of hydrogen-bond acceptors (Lipinski definition) is 4. The third-order valence-corrected chi connectivity index (χ3v) is 5.19. The van der Waals surface area contributed by atoms with Crippen LogP contribution in [0.25, 0.3) is 0 Å². The monoisotopic (exact) mass is 367 g/mol. The van der Waals surface area contributed by atoms with Crippen LogP contribution >= 0.6 is 0 Å². The van der Waals surface area contributed by atoms with E-state index in [4.69, 9.17) is 5.14 Å². The van der Waals surface area contributed by atoms with Crippen LogP contribution in [0.5, 0.6) is 0 Å². The fourth-order valence-electron chi connectivity index (χ4n) is 2.82. The molecule has 8 heteroatoms. The van der Waals surface area contributed by atoms with Gasteiger partial charge in [0, 0.05) is 19.6 Å². The van der Waals surface area contributed by atoms with Gasteiger partial charge >= 0.3 is 0 Å². The molecule has 2 amide bonds. The molecule has 1 aliphatic rings. The van der Waals surface area contributed by atoms with E-state index < -0.39 is 10.0 Å². The first-order chi connectivity index (χ1) is 11.9. The predicted molar refractivity (Wildman–Crippen MR) is 94.2 cm³/mol. The van der Waals surface area contributed by atoms with Crippen LogP contribution < -0.4 is 10.5 Å². The van der Waals surface area contributed by atoms with E-state index in [9.17, 15) is 18.0 Å². The van der Waals surface area contributed by atoms with Gasteiger partial charge in [0.25, 0.3) is 0 Å². The Morgan fingerprint density at radius 1 is 1.04 bits per heavy atom. The average molecular weight is 367 g/mol. The summed E-state index contributed by atoms with van der Waals surface area (Å²) in [4.78, 5) is 25.9. The second kappa shape index (κ2) is 8.96. The van der Waals surface area contributed by atoms with Gasteiger partial charge < -0.3 is 10.2 Å². The number of hydrogen-bond donors (Lipinski definition) is 2. The van der Waals surface area contributed by atoms with E-state index in [0.717, 1.165) is 44.3 Å². The van der Waals surface area contributed by atoms with Crippen molar-refractivity contribution < 1.29 is 18.0 Å². The van der Waals surface area contributed by atoms with E-state index in [1.165, 1.54) is 12.1 Å². The molecule has 0 unspecified atom stereocenters. The SMILES string of the molecule is NS(=O)(=O)c1ccc(CCNC(=O)CC(=O)N2CCCCCC2)cc1. The maximum Gasteiger partial charge on any atom is 0.238 e. The molecule has 1 aromatic carbocycles. The summed E-state index contributed by atoms with van der Waals surface area (Å²) in [6.07, 6.45) is 4.71. The van der Waals surface area contributed by atoms with Gasteiger partial charge in [-0.2, -0.15) is 0 Å². The van der Waals surface area contributed by atoms with Crippen molar-refractivity contribution >= 4 is 21.8 Å². The van der Waals surface area contributed by atoms with E-state index in [0.29, 0.717) is 13.0 Å². The minimum atomic E-state index is -3.69. The molecule has 1 fully saturated rings. The van der Waals surface area contributed by atoms with Crippen molar-refractivity contribution in [1.82, 2.24) is 10.2 Å². The quantitative estimate of drug-likeness (QED) is 0.724. The molecule has 1 aliphatic heterocycles. The van der Waals surface area contributed by atoms with Gasteiger partial charge in [-0.1, -0.05) is 25.0 Å². The Kier molecular flexibility index (Phi) is 6.95. The van der Waals surface area contributed by atoms with Crippen molar-refractivity contribution in [1.29, 1.82) is 0 Å². The molecule has 0 bridgehead atoms. The van der Waals surface area contributed by atoms with Gasteiger partial charge in [0.15, 0.2) is 0 Å². The Labute approximate surface area is 148 Å². The zero-order valence-electron chi connectivity index (χ0n) is 14.2. The van der Waals surface area contributed by atoms with Crippen molar-refractivity contribution in [2.75, 3.05) is 19.6 Å². The number of nitrogens with one attached hydrogen (secondary N) is 1. The second-order valence-electron chi connectivity index (χ2n) is 6.26. The topological polar surface area (TPSA) is 110 Å². The number of likely N-dealkylation sites (tertiary alicyclic amines) is 1. The number of nitrogens with zero attached hydrogens (tertiary/aromatic N) is 1. The van der Waals surface area contributed by atoms with Crippen LogP contribution in [-0.2, 0) is 26.0 Å². The molecule has 0 saturated carbocycles. The molecule has 0 atom stereocenters. The first kappa shape index (κ1) is 19.4. The lowest BCUT2D eigenvalue weighted by atomic mass is 10.1. The molecule has 0 aliphatic carbocycles. The Bertz CT molecular complexity index is 693. The largest absolute Gasteiger partial charge is 0.355 e. The molecule has 0 spiro atoms. The number of carbonyl (C=O) groups is 2. The summed E-state index contributed by atoms with van der Waals surface area (Å²) in [5.41, 5.74) is 0.881. The van der Waals surface area contributed by atoms with Crippen LogP contribution in [0, 0.1) is 0 Å². The smallest absolute Gasteiger partial charge is 0.238 e. The van der Waals surface area contributed by atoms with Gasteiger partial charge in [-0.3, -0.25) is 9.59 Å². The highest BCUT2D eigenvalue weighted by Gasteiger charge is 2.18. The summed E-state index contributed by atoms with van der Waals surface area (Å²) in [7, 11) is -3.69. The third kappa shape index (κ3) is 6.47. The summed E-state index contributed by atoms with van der Waals surface area (Å²) < 4.78 is 22.4. The average Bonchev–Trinajstić information content (AvgIpc) is 2.84. The number of sulfonamides is 1. The van der Waals surface area contributed by atoms with Crippen LogP contribution in [0.4, 0.5) is 0 Å². The molecule has 2 rings (SSSR count). The molecular weight excluding hydrogens is 342 g/mol. The van der Waals surface area contributed by atoms with Gasteiger partial charge in [-0.25, -0.2) is 13.6 Å². The van der Waals surface area contributed by atoms with Gasteiger partial charge in [-0.15, -0.1) is 0 Å². The molecule has 1 saturated heterocycles. The van der Waals surface area contributed by atoms with Crippen molar-refractivity contribution in [3.05, 3.63) is 29.8 Å². The van der Waals surface area contributed by atoms with Gasteiger partial charge in [0.2, 0.25) is 21.8 Å². The van der Waals surface area contributed by atoms with Crippen LogP contribution in [0.3, 0.4) is 0 Å². The number of carbonyl (C=O) groups excluding carboxylic acids is 2. The molecule has 3 N–H and O–H groups in total. The minimum Gasteiger partial charge on any atom is -0.355 e. The van der Waals surface area contributed by atoms with Crippen molar-refractivity contribution in [2.24, 2.45) is 5.14 Å². The number of nitrogens with two attached hydrogens (primary N) is 1. The molecule has 138 valence electrons. The molecule has 7 nitrogen and oxygen atoms in total. The van der Waals surface area contributed by atoms with Gasteiger partial charge in [0.1, 0.15) is 6.42 Å². The van der Waals surface area contributed by atoms with E-state index >= 15 is 0 Å². The van der Waals surface area contributed by atoms with E-state index in [1.807, 2.05) is 0 Å². The lowest BCUT2D eigenvalue weighted by molar-refractivity contribution is -0.136. The molecule has 1 heterocycles. The Hall–Kier alpha value is -1.93. The summed E-state index contributed by atoms with van der Waals surface area (Å²) >= 11 is 0. The van der Waals surface area contributed by atoms with Crippen molar-refractivity contribution in [3.63, 3.8) is 0 Å². The Morgan fingerprint density at radius 2 is 1.64 bits per heavy atom. The zero-order valence-corrected chi connectivity index (χ0v) is 15.1. The fourth-order valence-corrected chi connectivity index (χ4v) is 3.34. The van der Waals surface area contributed by atoms with Gasteiger partial charge in [-0.05, 0) is 37.0 Å². The molecule has 25 heavy (non-hydrogen) atoms. The first-order valence-corrected chi connectivity index (χ1v) is 10.1. The van der Waals surface area contributed by atoms with E-state index in [2.05, 4.69) is 5.32 Å². The van der Waals surface area contributed by atoms with Crippen LogP contribution in [0.1, 0.15) is 37.7 Å². The third-order valence-electron chi connectivity index (χ3n) is 4.26. The maximum absolute atomic E-state index is 12.1. The number of primary sulfonamides is 1. The summed E-state index contributed by atoms with van der Waals surface area (Å²) in [6, 6.07) is 6.20. The zero-order chi connectivity index (χ0) is 18.3. The van der Waals surface area contributed by atoms with E-state index in [1.54, 1.807) is 17.0 Å². The predicted octanol–water partition coefficient (Wildman–Crippen LogP) is 0.785. The fraction of sp³-hybridized carbons (Fsp3) is 0.529. The highest BCUT2D eigenvalue weighted by atomic mass is 32.2. The minimum absolute atomic E-state index is 0.0586. The van der Waals surface area contributed by atoms with Crippen LogP contribution in [0.15, 0.2) is 29.2 Å². The van der Waals surface area contributed by atoms with Gasteiger partial charge in [0.05, 0.1) is 4.90 Å². The first-order valence-electron chi connectivity index (χ1n) is 8.52. The Balaban J connectivity index is 1.73. The molecule has 0 aromatic heterocycles. The molecule has 1 aromatic rings. The summed E-state index contributed by atoms with van der Waals surface area (Å²) in [5.74, 6) is -0.396. The van der Waals surface area contributed by atoms with E-state index in [-0.39, 0.29) is 23.1 Å². The normalized spacial score (nSPS) is 15.5. The Morgan fingerprint density at radius 3 is 2.20 bits per heavy atom. The molecular formula is C17H25N3O4S. The van der Waals surface area contributed by atoms with Crippen LogP contribution in [-0.4, -0.2) is 44.8 Å². The standard InChI is InChI=1S/C17H25N3O4S/c18-25(23,24)15-7-5-14(6-8-15)9-10-19-16(21)13-17(22)20-11-3-1-2-4-12-20/h5-8H,1-4,9-13H2,(H,19,21)(H2,18,23,24). The summed E-state index contributed by atoms with van der Waals surface area (Å²) in [5, 5.41) is 7.78. The highest BCUT2D eigenvalue weighted by molar-refractivity contribution is 7.89. The lowest BCUT2D eigenvalue weighted by Crippen LogP contribution is -2.36. The lowest BCUT2D eigenvalue weighted by Gasteiger charge is -2.19. The van der Waals surface area contributed by atoms with Crippen molar-refractivity contribution in [2.45, 2.75) is 43.4 Å². The number of rotatable bonds is 6. The maximum atomic E-state index is 12.1.